The molecule has 140 valence electrons. The molecular weight excluding hydrogens is 322 g/mol. The van der Waals surface area contributed by atoms with Crippen LogP contribution < -0.4 is 5.32 Å². The summed E-state index contributed by atoms with van der Waals surface area (Å²) in [5.41, 5.74) is 2.63. The molecule has 0 aliphatic heterocycles. The number of hydrogen-bond donors (Lipinski definition) is 6. The van der Waals surface area contributed by atoms with E-state index in [1.165, 1.54) is 0 Å². The van der Waals surface area contributed by atoms with E-state index in [1.807, 2.05) is 39.8 Å². The highest BCUT2D eigenvalue weighted by Gasteiger charge is 2.36. The summed E-state index contributed by atoms with van der Waals surface area (Å²) in [6.45, 7) is 7.94. The smallest absolute Gasteiger partial charge is 0.122 e. The maximum atomic E-state index is 10.3. The lowest BCUT2D eigenvalue weighted by Crippen LogP contribution is -2.53. The summed E-state index contributed by atoms with van der Waals surface area (Å²) in [6.07, 6.45) is -2.23. The number of phenols is 1. The molecule has 1 aromatic rings. The minimum atomic E-state index is -1.35. The molecule has 0 saturated carbocycles. The van der Waals surface area contributed by atoms with Crippen LogP contribution in [0.1, 0.15) is 37.5 Å². The van der Waals surface area contributed by atoms with Crippen LogP contribution in [-0.2, 0) is 12.0 Å². The van der Waals surface area contributed by atoms with Crippen molar-refractivity contribution in [2.75, 3.05) is 6.61 Å². The summed E-state index contributed by atoms with van der Waals surface area (Å²) in [5, 5.41) is 52.6. The Morgan fingerprint density at radius 2 is 1.72 bits per heavy atom. The fourth-order valence-corrected chi connectivity index (χ4v) is 3.14. The number of aromatic hydroxyl groups is 1. The van der Waals surface area contributed by atoms with Gasteiger partial charge in [-0.05, 0) is 34.6 Å². The van der Waals surface area contributed by atoms with Gasteiger partial charge in [0.15, 0.2) is 0 Å². The third-order valence-corrected chi connectivity index (χ3v) is 4.71. The normalized spacial score (nSPS) is 27.3. The van der Waals surface area contributed by atoms with E-state index < -0.39 is 24.4 Å². The van der Waals surface area contributed by atoms with Crippen molar-refractivity contribution in [3.63, 3.8) is 0 Å². The fraction of sp³-hybridized carbons (Fsp3) is 0.579. The van der Waals surface area contributed by atoms with Crippen molar-refractivity contribution in [3.05, 3.63) is 40.5 Å². The lowest BCUT2D eigenvalue weighted by atomic mass is 9.84. The van der Waals surface area contributed by atoms with Crippen molar-refractivity contribution < 1.29 is 25.5 Å². The molecule has 1 aliphatic rings. The number of nitrogens with one attached hydrogen (secondary N) is 1. The first-order chi connectivity index (χ1) is 11.6. The minimum absolute atomic E-state index is 0.209. The molecule has 4 atom stereocenters. The van der Waals surface area contributed by atoms with E-state index in [-0.39, 0.29) is 23.3 Å². The van der Waals surface area contributed by atoms with Gasteiger partial charge in [0.05, 0.1) is 12.6 Å². The van der Waals surface area contributed by atoms with Crippen molar-refractivity contribution in [2.24, 2.45) is 0 Å². The molecule has 6 N–H and O–H groups in total. The molecule has 6 heteroatoms. The van der Waals surface area contributed by atoms with Gasteiger partial charge in [0.2, 0.25) is 0 Å². The highest BCUT2D eigenvalue weighted by atomic mass is 16.4. The van der Waals surface area contributed by atoms with Crippen molar-refractivity contribution in [1.29, 1.82) is 0 Å². The number of rotatable bonds is 4. The van der Waals surface area contributed by atoms with Crippen LogP contribution in [0.15, 0.2) is 23.8 Å². The second-order valence-electron chi connectivity index (χ2n) is 7.79. The van der Waals surface area contributed by atoms with Gasteiger partial charge in [-0.2, -0.15) is 0 Å². The van der Waals surface area contributed by atoms with E-state index in [0.29, 0.717) is 6.54 Å². The third-order valence-electron chi connectivity index (χ3n) is 4.71. The molecule has 25 heavy (non-hydrogen) atoms. The molecule has 0 aromatic heterocycles. The first-order valence-electron chi connectivity index (χ1n) is 8.48. The Morgan fingerprint density at radius 1 is 1.08 bits per heavy atom. The second kappa shape index (κ2) is 7.43. The predicted molar refractivity (Wildman–Crippen MR) is 95.4 cm³/mol. The molecule has 0 bridgehead atoms. The highest BCUT2D eigenvalue weighted by Crippen LogP contribution is 2.34. The third kappa shape index (κ3) is 4.22. The maximum absolute atomic E-state index is 10.3. The van der Waals surface area contributed by atoms with Gasteiger partial charge in [-0.3, -0.25) is 0 Å². The number of aliphatic hydroxyl groups is 4. The lowest BCUT2D eigenvalue weighted by Gasteiger charge is -2.34. The minimum Gasteiger partial charge on any atom is -0.507 e. The zero-order valence-electron chi connectivity index (χ0n) is 15.2. The van der Waals surface area contributed by atoms with Gasteiger partial charge >= 0.3 is 0 Å². The van der Waals surface area contributed by atoms with Crippen LogP contribution in [-0.4, -0.2) is 56.5 Å². The van der Waals surface area contributed by atoms with Crippen LogP contribution in [0, 0.1) is 6.92 Å². The zero-order chi connectivity index (χ0) is 18.9. The van der Waals surface area contributed by atoms with Gasteiger partial charge in [-0.1, -0.05) is 39.0 Å². The number of benzene rings is 1. The monoisotopic (exact) mass is 351 g/mol. The summed E-state index contributed by atoms with van der Waals surface area (Å²) < 4.78 is 0. The van der Waals surface area contributed by atoms with Crippen molar-refractivity contribution in [1.82, 2.24) is 5.32 Å². The largest absolute Gasteiger partial charge is 0.507 e. The molecule has 1 aromatic carbocycles. The average Bonchev–Trinajstić information content (AvgIpc) is 2.54. The summed E-state index contributed by atoms with van der Waals surface area (Å²) in [7, 11) is 0. The molecule has 6 nitrogen and oxygen atoms in total. The summed E-state index contributed by atoms with van der Waals surface area (Å²) in [6, 6.07) is 3.20. The quantitative estimate of drug-likeness (QED) is 0.440. The molecule has 0 saturated heterocycles. The Balaban J connectivity index is 2.21. The Bertz CT molecular complexity index is 650. The standard InChI is InChI=1S/C19H29NO5/c1-10-5-11(6-13(15(10)22)19(2,3)4)8-20-14-7-12(9-21)16(23)18(25)17(14)24/h5-7,14,16-18,20-25H,8-9H2,1-4H3/t14-,16+,17-,18?/m0/s1. The zero-order valence-corrected chi connectivity index (χ0v) is 15.2. The van der Waals surface area contributed by atoms with Crippen LogP contribution >= 0.6 is 0 Å². The van der Waals surface area contributed by atoms with Gasteiger partial charge < -0.3 is 30.8 Å². The number of aliphatic hydroxyl groups excluding tert-OH is 4. The van der Waals surface area contributed by atoms with Crippen LogP contribution in [0.5, 0.6) is 5.75 Å². The van der Waals surface area contributed by atoms with Crippen molar-refractivity contribution in [3.8, 4) is 5.75 Å². The molecule has 2 rings (SSSR count). The van der Waals surface area contributed by atoms with Crippen molar-refractivity contribution >= 4 is 0 Å². The van der Waals surface area contributed by atoms with Crippen LogP contribution in [0.3, 0.4) is 0 Å². The van der Waals surface area contributed by atoms with Crippen LogP contribution in [0.25, 0.3) is 0 Å². The predicted octanol–water partition coefficient (Wildman–Crippen LogP) is 0.471. The molecule has 0 amide bonds. The van der Waals surface area contributed by atoms with Crippen molar-refractivity contribution in [2.45, 2.75) is 64.0 Å². The van der Waals surface area contributed by atoms with E-state index in [4.69, 9.17) is 0 Å². The number of aryl methyl sites for hydroxylation is 1. The molecular formula is C19H29NO5. The van der Waals surface area contributed by atoms with E-state index in [0.717, 1.165) is 16.7 Å². The van der Waals surface area contributed by atoms with E-state index >= 15 is 0 Å². The molecule has 0 radical (unpaired) electrons. The number of hydrogen-bond acceptors (Lipinski definition) is 6. The Hall–Kier alpha value is -1.44. The SMILES string of the molecule is Cc1cc(CN[C@H]2C=C(CO)[C@@H](O)C(O)[C@H]2O)cc(C(C)(C)C)c1O. The Labute approximate surface area is 148 Å². The molecule has 0 fully saturated rings. The molecule has 0 heterocycles. The summed E-state index contributed by atoms with van der Waals surface area (Å²) in [5.74, 6) is 0.287. The van der Waals surface area contributed by atoms with Gasteiger partial charge in [-0.15, -0.1) is 0 Å². The number of phenolic OH excluding ortho intramolecular Hbond substituents is 1. The first kappa shape index (κ1) is 19.9. The van der Waals surface area contributed by atoms with Crippen LogP contribution in [0.4, 0.5) is 0 Å². The van der Waals surface area contributed by atoms with Gasteiger partial charge in [0.25, 0.3) is 0 Å². The lowest BCUT2D eigenvalue weighted by molar-refractivity contribution is -0.0643. The topological polar surface area (TPSA) is 113 Å². The molecule has 1 aliphatic carbocycles. The molecule has 1 unspecified atom stereocenters. The van der Waals surface area contributed by atoms with Gasteiger partial charge in [0, 0.05) is 6.54 Å². The average molecular weight is 351 g/mol. The maximum Gasteiger partial charge on any atom is 0.122 e. The van der Waals surface area contributed by atoms with Gasteiger partial charge in [-0.25, -0.2) is 0 Å². The summed E-state index contributed by atoms with van der Waals surface area (Å²) in [4.78, 5) is 0. The Morgan fingerprint density at radius 3 is 2.28 bits per heavy atom. The van der Waals surface area contributed by atoms with E-state index in [9.17, 15) is 25.5 Å². The van der Waals surface area contributed by atoms with Gasteiger partial charge in [0.1, 0.15) is 24.1 Å². The Kier molecular flexibility index (Phi) is 5.91. The highest BCUT2D eigenvalue weighted by molar-refractivity contribution is 5.46. The fourth-order valence-electron chi connectivity index (χ4n) is 3.14. The first-order valence-corrected chi connectivity index (χ1v) is 8.48. The summed E-state index contributed by atoms with van der Waals surface area (Å²) >= 11 is 0. The van der Waals surface area contributed by atoms with E-state index in [2.05, 4.69) is 5.32 Å². The second-order valence-corrected chi connectivity index (χ2v) is 7.79. The molecule has 0 spiro atoms. The van der Waals surface area contributed by atoms with Crippen LogP contribution in [0.2, 0.25) is 0 Å². The van der Waals surface area contributed by atoms with E-state index in [1.54, 1.807) is 6.08 Å².